The molecule has 0 unspecified atom stereocenters. The van der Waals surface area contributed by atoms with Crippen molar-refractivity contribution >= 4 is 34.2 Å². The molecular formula is C21H23NO5S. The molecule has 0 saturated heterocycles. The van der Waals surface area contributed by atoms with Crippen molar-refractivity contribution in [1.29, 1.82) is 0 Å². The number of methoxy groups -OCH3 is 1. The first kappa shape index (κ1) is 20.1. The molecule has 1 aromatic carbocycles. The van der Waals surface area contributed by atoms with E-state index in [4.69, 9.17) is 9.47 Å². The van der Waals surface area contributed by atoms with Gasteiger partial charge in [0.05, 0.1) is 25.7 Å². The maximum absolute atomic E-state index is 12.2. The topological polar surface area (TPSA) is 81.7 Å². The number of thiophene rings is 1. The number of benzene rings is 1. The summed E-state index contributed by atoms with van der Waals surface area (Å²) in [6, 6.07) is 9.74. The third kappa shape index (κ3) is 4.98. The summed E-state index contributed by atoms with van der Waals surface area (Å²) in [4.78, 5) is 37.3. The van der Waals surface area contributed by atoms with Crippen molar-refractivity contribution < 1.29 is 23.9 Å². The van der Waals surface area contributed by atoms with Gasteiger partial charge in [0, 0.05) is 17.7 Å². The maximum atomic E-state index is 12.2. The summed E-state index contributed by atoms with van der Waals surface area (Å²) < 4.78 is 10.0. The van der Waals surface area contributed by atoms with Gasteiger partial charge in [-0.3, -0.25) is 9.59 Å². The van der Waals surface area contributed by atoms with Crippen LogP contribution >= 0.6 is 11.3 Å². The maximum Gasteiger partial charge on any atom is 0.341 e. The van der Waals surface area contributed by atoms with E-state index in [0.29, 0.717) is 17.0 Å². The van der Waals surface area contributed by atoms with Gasteiger partial charge in [0.25, 0.3) is 0 Å². The molecule has 2 aromatic rings. The third-order valence-electron chi connectivity index (χ3n) is 4.62. The molecule has 1 aliphatic carbocycles. The number of hydrogen-bond donors (Lipinski definition) is 1. The second kappa shape index (κ2) is 9.50. The molecule has 1 N–H and O–H groups in total. The molecule has 0 spiro atoms. The highest BCUT2D eigenvalue weighted by molar-refractivity contribution is 7.17. The van der Waals surface area contributed by atoms with Gasteiger partial charge in [-0.25, -0.2) is 4.79 Å². The molecule has 0 fully saturated rings. The van der Waals surface area contributed by atoms with E-state index in [1.165, 1.54) is 18.4 Å². The lowest BCUT2D eigenvalue weighted by atomic mass is 10.1. The van der Waals surface area contributed by atoms with Crippen LogP contribution in [0.25, 0.3) is 0 Å². The number of fused-ring (bicyclic) bond motifs is 1. The van der Waals surface area contributed by atoms with E-state index in [1.807, 2.05) is 30.3 Å². The zero-order valence-corrected chi connectivity index (χ0v) is 16.6. The van der Waals surface area contributed by atoms with Crippen molar-refractivity contribution in [3.05, 3.63) is 51.9 Å². The minimum atomic E-state index is -0.435. The number of anilines is 1. The highest BCUT2D eigenvalue weighted by Gasteiger charge is 2.28. The Morgan fingerprint density at radius 2 is 1.89 bits per heavy atom. The molecule has 3 rings (SSSR count). The number of aryl methyl sites for hydroxylation is 1. The largest absolute Gasteiger partial charge is 0.465 e. The number of esters is 2. The van der Waals surface area contributed by atoms with E-state index in [9.17, 15) is 14.4 Å². The molecular weight excluding hydrogens is 378 g/mol. The van der Waals surface area contributed by atoms with Crippen LogP contribution < -0.4 is 5.32 Å². The van der Waals surface area contributed by atoms with E-state index in [2.05, 4.69) is 5.32 Å². The van der Waals surface area contributed by atoms with Crippen LogP contribution in [-0.4, -0.2) is 31.6 Å². The SMILES string of the molecule is COC(=O)c1c(NC(=O)CCC(=O)OCCc2ccccc2)sc2c1CCC2. The quantitative estimate of drug-likeness (QED) is 0.685. The summed E-state index contributed by atoms with van der Waals surface area (Å²) in [5.74, 6) is -1.16. The molecule has 1 aliphatic rings. The van der Waals surface area contributed by atoms with Gasteiger partial charge in [0.1, 0.15) is 5.00 Å². The summed E-state index contributed by atoms with van der Waals surface area (Å²) in [6.45, 7) is 0.286. The van der Waals surface area contributed by atoms with Gasteiger partial charge in [-0.05, 0) is 30.4 Å². The van der Waals surface area contributed by atoms with E-state index in [-0.39, 0.29) is 25.4 Å². The first-order valence-corrected chi connectivity index (χ1v) is 10.1. The number of nitrogens with one attached hydrogen (secondary N) is 1. The number of carbonyl (C=O) groups excluding carboxylic acids is 3. The summed E-state index contributed by atoms with van der Waals surface area (Å²) in [7, 11) is 1.33. The van der Waals surface area contributed by atoms with Crippen molar-refractivity contribution in [2.24, 2.45) is 0 Å². The van der Waals surface area contributed by atoms with Gasteiger partial charge in [-0.2, -0.15) is 0 Å². The van der Waals surface area contributed by atoms with Gasteiger partial charge >= 0.3 is 11.9 Å². The lowest BCUT2D eigenvalue weighted by Gasteiger charge is -2.07. The highest BCUT2D eigenvalue weighted by Crippen LogP contribution is 2.39. The van der Waals surface area contributed by atoms with Gasteiger partial charge in [-0.15, -0.1) is 11.3 Å². The molecule has 0 radical (unpaired) electrons. The minimum Gasteiger partial charge on any atom is -0.465 e. The molecule has 0 aliphatic heterocycles. The Morgan fingerprint density at radius 3 is 2.64 bits per heavy atom. The van der Waals surface area contributed by atoms with Crippen LogP contribution in [-0.2, 0) is 38.3 Å². The van der Waals surface area contributed by atoms with E-state index >= 15 is 0 Å². The summed E-state index contributed by atoms with van der Waals surface area (Å²) in [6.07, 6.45) is 3.39. The molecule has 1 aromatic heterocycles. The van der Waals surface area contributed by atoms with Crippen molar-refractivity contribution in [3.8, 4) is 0 Å². The summed E-state index contributed by atoms with van der Waals surface area (Å²) in [5.41, 5.74) is 2.53. The zero-order chi connectivity index (χ0) is 19.9. The molecule has 28 heavy (non-hydrogen) atoms. The Labute approximate surface area is 167 Å². The highest BCUT2D eigenvalue weighted by atomic mass is 32.1. The van der Waals surface area contributed by atoms with Crippen molar-refractivity contribution in [2.75, 3.05) is 19.0 Å². The number of rotatable bonds is 8. The third-order valence-corrected chi connectivity index (χ3v) is 5.82. The van der Waals surface area contributed by atoms with Crippen LogP contribution in [0, 0.1) is 0 Å². The monoisotopic (exact) mass is 401 g/mol. The Kier molecular flexibility index (Phi) is 6.81. The zero-order valence-electron chi connectivity index (χ0n) is 15.8. The fraction of sp³-hybridized carbons (Fsp3) is 0.381. The van der Waals surface area contributed by atoms with Crippen LogP contribution in [0.4, 0.5) is 5.00 Å². The molecule has 1 amide bonds. The first-order valence-electron chi connectivity index (χ1n) is 9.30. The number of carbonyl (C=O) groups is 3. The lowest BCUT2D eigenvalue weighted by molar-refractivity contribution is -0.144. The van der Waals surface area contributed by atoms with Gasteiger partial charge in [0.15, 0.2) is 0 Å². The van der Waals surface area contributed by atoms with Crippen molar-refractivity contribution in [2.45, 2.75) is 38.5 Å². The van der Waals surface area contributed by atoms with Gasteiger partial charge < -0.3 is 14.8 Å². The molecule has 0 saturated carbocycles. The number of hydrogen-bond acceptors (Lipinski definition) is 6. The fourth-order valence-electron chi connectivity index (χ4n) is 3.21. The normalized spacial score (nSPS) is 12.3. The first-order chi connectivity index (χ1) is 13.6. The van der Waals surface area contributed by atoms with E-state index < -0.39 is 11.9 Å². The van der Waals surface area contributed by atoms with Crippen molar-refractivity contribution in [1.82, 2.24) is 0 Å². The predicted octanol–water partition coefficient (Wildman–Crippen LogP) is 3.53. The average molecular weight is 401 g/mol. The van der Waals surface area contributed by atoms with Gasteiger partial charge in [0.2, 0.25) is 5.91 Å². The Bertz CT molecular complexity index is 859. The molecule has 0 bridgehead atoms. The summed E-state index contributed by atoms with van der Waals surface area (Å²) >= 11 is 1.42. The van der Waals surface area contributed by atoms with Gasteiger partial charge in [-0.1, -0.05) is 30.3 Å². The van der Waals surface area contributed by atoms with Crippen LogP contribution in [0.3, 0.4) is 0 Å². The van der Waals surface area contributed by atoms with E-state index in [0.717, 1.165) is 35.3 Å². The molecule has 0 atom stereocenters. The van der Waals surface area contributed by atoms with Crippen molar-refractivity contribution in [3.63, 3.8) is 0 Å². The smallest absolute Gasteiger partial charge is 0.341 e. The molecule has 148 valence electrons. The van der Waals surface area contributed by atoms with Crippen LogP contribution in [0.5, 0.6) is 0 Å². The van der Waals surface area contributed by atoms with Crippen LogP contribution in [0.15, 0.2) is 30.3 Å². The fourth-order valence-corrected chi connectivity index (χ4v) is 4.51. The Morgan fingerprint density at radius 1 is 1.11 bits per heavy atom. The lowest BCUT2D eigenvalue weighted by Crippen LogP contribution is -2.16. The predicted molar refractivity (Wildman–Crippen MR) is 107 cm³/mol. The molecule has 1 heterocycles. The molecule has 6 nitrogen and oxygen atoms in total. The van der Waals surface area contributed by atoms with E-state index in [1.54, 1.807) is 0 Å². The second-order valence-corrected chi connectivity index (χ2v) is 7.66. The second-order valence-electron chi connectivity index (χ2n) is 6.56. The Hall–Kier alpha value is -2.67. The Balaban J connectivity index is 1.47. The number of amides is 1. The van der Waals surface area contributed by atoms with Crippen LogP contribution in [0.1, 0.15) is 45.6 Å². The molecule has 7 heteroatoms. The average Bonchev–Trinajstić information content (AvgIpc) is 3.27. The number of ether oxygens (including phenoxy) is 2. The standard InChI is InChI=1S/C21H23NO5S/c1-26-21(25)19-15-8-5-9-16(15)28-20(19)22-17(23)10-11-18(24)27-13-12-14-6-3-2-4-7-14/h2-4,6-7H,5,8-13H2,1H3,(H,22,23). The van der Waals surface area contributed by atoms with Crippen LogP contribution in [0.2, 0.25) is 0 Å². The summed E-state index contributed by atoms with van der Waals surface area (Å²) in [5, 5.41) is 3.28. The minimum absolute atomic E-state index is 0.000724.